The van der Waals surface area contributed by atoms with Gasteiger partial charge in [0.1, 0.15) is 5.82 Å². The second-order valence-electron chi connectivity index (χ2n) is 5.09. The van der Waals surface area contributed by atoms with E-state index in [1.54, 1.807) is 37.6 Å². The van der Waals surface area contributed by atoms with Crippen LogP contribution in [0.4, 0.5) is 5.82 Å². The smallest absolute Gasteiger partial charge is 0.251 e. The molecule has 0 atom stereocenters. The first-order chi connectivity index (χ1) is 11.6. The van der Waals surface area contributed by atoms with Crippen molar-refractivity contribution < 1.29 is 9.53 Å². The number of aromatic nitrogens is 1. The van der Waals surface area contributed by atoms with Gasteiger partial charge in [0.2, 0.25) is 0 Å². The number of benzene rings is 1. The van der Waals surface area contributed by atoms with E-state index in [2.05, 4.69) is 15.6 Å². The first-order valence-electron chi connectivity index (χ1n) is 7.51. The summed E-state index contributed by atoms with van der Waals surface area (Å²) in [6, 6.07) is 8.72. The second-order valence-corrected chi connectivity index (χ2v) is 5.93. The third kappa shape index (κ3) is 5.67. The fourth-order valence-corrected chi connectivity index (χ4v) is 2.59. The Labute approximate surface area is 151 Å². The van der Waals surface area contributed by atoms with Crippen LogP contribution in [0.1, 0.15) is 15.9 Å². The molecule has 1 aromatic carbocycles. The minimum Gasteiger partial charge on any atom is -0.383 e. The van der Waals surface area contributed by atoms with Gasteiger partial charge in [0.05, 0.1) is 6.61 Å². The lowest BCUT2D eigenvalue weighted by Crippen LogP contribution is -2.26. The number of nitrogens with one attached hydrogen (secondary N) is 2. The summed E-state index contributed by atoms with van der Waals surface area (Å²) in [5, 5.41) is 7.16. The van der Waals surface area contributed by atoms with Gasteiger partial charge in [-0.1, -0.05) is 29.3 Å². The van der Waals surface area contributed by atoms with Crippen molar-refractivity contribution in [1.29, 1.82) is 0 Å². The molecule has 1 amide bonds. The van der Waals surface area contributed by atoms with Crippen molar-refractivity contribution in [3.8, 4) is 0 Å². The molecule has 1 aromatic heterocycles. The molecule has 1 heterocycles. The normalized spacial score (nSPS) is 10.5. The zero-order valence-corrected chi connectivity index (χ0v) is 14.8. The van der Waals surface area contributed by atoms with Crippen molar-refractivity contribution in [1.82, 2.24) is 10.3 Å². The molecule has 0 saturated carbocycles. The topological polar surface area (TPSA) is 63.2 Å². The van der Waals surface area contributed by atoms with Gasteiger partial charge in [-0.05, 0) is 36.2 Å². The number of hydrogen-bond donors (Lipinski definition) is 2. The van der Waals surface area contributed by atoms with Crippen LogP contribution in [0.2, 0.25) is 10.0 Å². The Bertz CT molecular complexity index is 695. The predicted octanol–water partition coefficient (Wildman–Crippen LogP) is 3.42. The molecule has 5 nitrogen and oxygen atoms in total. The Balaban J connectivity index is 1.87. The highest BCUT2D eigenvalue weighted by Gasteiger charge is 2.07. The number of carbonyl (C=O) groups excluding carboxylic acids is 1. The molecule has 0 fully saturated rings. The summed E-state index contributed by atoms with van der Waals surface area (Å²) < 4.78 is 4.96. The van der Waals surface area contributed by atoms with Gasteiger partial charge < -0.3 is 15.4 Å². The van der Waals surface area contributed by atoms with E-state index in [9.17, 15) is 4.79 Å². The quantitative estimate of drug-likeness (QED) is 0.701. The number of rotatable bonds is 8. The monoisotopic (exact) mass is 367 g/mol. The Morgan fingerprint density at radius 2 is 2.04 bits per heavy atom. The minimum atomic E-state index is -0.155. The number of hydrogen-bond acceptors (Lipinski definition) is 4. The van der Waals surface area contributed by atoms with Crippen LogP contribution in [0.5, 0.6) is 0 Å². The van der Waals surface area contributed by atoms with E-state index in [0.717, 1.165) is 5.56 Å². The van der Waals surface area contributed by atoms with Crippen LogP contribution >= 0.6 is 23.2 Å². The highest BCUT2D eigenvalue weighted by Crippen LogP contribution is 2.21. The standard InChI is InChI=1S/C17H19Cl2N3O2/c1-24-9-8-21-16-10-13(5-6-20-16)17(23)22-7-4-12-2-3-14(18)11-15(12)19/h2-3,5-6,10-11H,4,7-9H2,1H3,(H,20,21)(H,22,23). The lowest BCUT2D eigenvalue weighted by Gasteiger charge is -2.09. The van der Waals surface area contributed by atoms with Crippen molar-refractivity contribution in [2.24, 2.45) is 0 Å². The summed E-state index contributed by atoms with van der Waals surface area (Å²) in [5.41, 5.74) is 1.49. The van der Waals surface area contributed by atoms with E-state index in [1.807, 2.05) is 6.07 Å². The van der Waals surface area contributed by atoms with Crippen LogP contribution in [-0.4, -0.2) is 37.7 Å². The zero-order valence-electron chi connectivity index (χ0n) is 13.3. The molecule has 2 N–H and O–H groups in total. The summed E-state index contributed by atoms with van der Waals surface area (Å²) >= 11 is 12.0. The fraction of sp³-hybridized carbons (Fsp3) is 0.294. The highest BCUT2D eigenvalue weighted by atomic mass is 35.5. The number of pyridine rings is 1. The summed E-state index contributed by atoms with van der Waals surface area (Å²) in [7, 11) is 1.63. The van der Waals surface area contributed by atoms with Crippen molar-refractivity contribution in [2.45, 2.75) is 6.42 Å². The highest BCUT2D eigenvalue weighted by molar-refractivity contribution is 6.35. The van der Waals surface area contributed by atoms with Gasteiger partial charge in [0, 0.05) is 42.0 Å². The second kappa shape index (κ2) is 9.47. The van der Waals surface area contributed by atoms with Gasteiger partial charge in [0.25, 0.3) is 5.91 Å². The van der Waals surface area contributed by atoms with Crippen LogP contribution in [0, 0.1) is 0 Å². The van der Waals surface area contributed by atoms with Gasteiger partial charge in [0.15, 0.2) is 0 Å². The molecule has 0 spiro atoms. The number of carbonyl (C=O) groups is 1. The molecule has 128 valence electrons. The average Bonchev–Trinajstić information content (AvgIpc) is 2.57. The van der Waals surface area contributed by atoms with Crippen LogP contribution in [0.25, 0.3) is 0 Å². The molecule has 0 aliphatic rings. The Morgan fingerprint density at radius 1 is 1.21 bits per heavy atom. The molecular formula is C17H19Cl2N3O2. The predicted molar refractivity (Wildman–Crippen MR) is 97.1 cm³/mol. The van der Waals surface area contributed by atoms with Crippen molar-refractivity contribution in [3.05, 3.63) is 57.7 Å². The summed E-state index contributed by atoms with van der Waals surface area (Å²) in [6.07, 6.45) is 2.23. The Hall–Kier alpha value is -1.82. The number of nitrogens with zero attached hydrogens (tertiary/aromatic N) is 1. The van der Waals surface area contributed by atoms with Gasteiger partial charge in [-0.15, -0.1) is 0 Å². The lowest BCUT2D eigenvalue weighted by atomic mass is 10.1. The summed E-state index contributed by atoms with van der Waals surface area (Å²) in [6.45, 7) is 1.68. The van der Waals surface area contributed by atoms with Gasteiger partial charge in [-0.3, -0.25) is 4.79 Å². The Kier molecular flexibility index (Phi) is 7.31. The molecule has 24 heavy (non-hydrogen) atoms. The number of anilines is 1. The van der Waals surface area contributed by atoms with E-state index in [1.165, 1.54) is 0 Å². The molecule has 7 heteroatoms. The SMILES string of the molecule is COCCNc1cc(C(=O)NCCc2ccc(Cl)cc2Cl)ccn1. The minimum absolute atomic E-state index is 0.155. The maximum Gasteiger partial charge on any atom is 0.251 e. The molecule has 2 aromatic rings. The van der Waals surface area contributed by atoms with Crippen LogP contribution in [-0.2, 0) is 11.2 Å². The first kappa shape index (κ1) is 18.5. The Morgan fingerprint density at radius 3 is 2.79 bits per heavy atom. The molecule has 0 bridgehead atoms. The average molecular weight is 368 g/mol. The van der Waals surface area contributed by atoms with Crippen LogP contribution in [0.15, 0.2) is 36.5 Å². The maximum atomic E-state index is 12.2. The van der Waals surface area contributed by atoms with Gasteiger partial charge in [-0.25, -0.2) is 4.98 Å². The number of ether oxygens (including phenoxy) is 1. The maximum absolute atomic E-state index is 12.2. The number of methoxy groups -OCH3 is 1. The third-order valence-corrected chi connectivity index (χ3v) is 3.92. The zero-order chi connectivity index (χ0) is 17.4. The summed E-state index contributed by atoms with van der Waals surface area (Å²) in [5.74, 6) is 0.484. The largest absolute Gasteiger partial charge is 0.383 e. The fourth-order valence-electron chi connectivity index (χ4n) is 2.09. The van der Waals surface area contributed by atoms with E-state index in [0.29, 0.717) is 47.5 Å². The van der Waals surface area contributed by atoms with Crippen molar-refractivity contribution in [2.75, 3.05) is 32.1 Å². The van der Waals surface area contributed by atoms with Crippen molar-refractivity contribution >= 4 is 34.9 Å². The van der Waals surface area contributed by atoms with Gasteiger partial charge in [-0.2, -0.15) is 0 Å². The number of amides is 1. The van der Waals surface area contributed by atoms with Crippen molar-refractivity contribution in [3.63, 3.8) is 0 Å². The first-order valence-corrected chi connectivity index (χ1v) is 8.26. The van der Waals surface area contributed by atoms with E-state index in [4.69, 9.17) is 27.9 Å². The van der Waals surface area contributed by atoms with Crippen LogP contribution < -0.4 is 10.6 Å². The molecule has 0 saturated heterocycles. The molecule has 0 unspecified atom stereocenters. The van der Waals surface area contributed by atoms with Crippen LogP contribution in [0.3, 0.4) is 0 Å². The third-order valence-electron chi connectivity index (χ3n) is 3.33. The molecule has 0 radical (unpaired) electrons. The molecule has 0 aliphatic heterocycles. The molecule has 0 aliphatic carbocycles. The van der Waals surface area contributed by atoms with Gasteiger partial charge >= 0.3 is 0 Å². The summed E-state index contributed by atoms with van der Waals surface area (Å²) in [4.78, 5) is 16.4. The van der Waals surface area contributed by atoms with E-state index in [-0.39, 0.29) is 5.91 Å². The van der Waals surface area contributed by atoms with E-state index < -0.39 is 0 Å². The molecule has 2 rings (SSSR count). The van der Waals surface area contributed by atoms with E-state index >= 15 is 0 Å². The lowest BCUT2D eigenvalue weighted by molar-refractivity contribution is 0.0954. The number of halogens is 2. The molecular weight excluding hydrogens is 349 g/mol.